The van der Waals surface area contributed by atoms with E-state index in [9.17, 15) is 9.59 Å². The van der Waals surface area contributed by atoms with Gasteiger partial charge in [-0.25, -0.2) is 9.78 Å². The molecule has 1 aromatic rings. The Morgan fingerprint density at radius 3 is 2.71 bits per heavy atom. The van der Waals surface area contributed by atoms with Crippen molar-refractivity contribution in [3.63, 3.8) is 0 Å². The van der Waals surface area contributed by atoms with Gasteiger partial charge >= 0.3 is 11.9 Å². The molecule has 6 heteroatoms. The van der Waals surface area contributed by atoms with Gasteiger partial charge in [0.25, 0.3) is 0 Å². The molecule has 6 nitrogen and oxygen atoms in total. The summed E-state index contributed by atoms with van der Waals surface area (Å²) in [6.45, 7) is -0.364. The van der Waals surface area contributed by atoms with Crippen molar-refractivity contribution in [2.45, 2.75) is 0 Å². The molecule has 0 amide bonds. The van der Waals surface area contributed by atoms with Crippen LogP contribution in [0.25, 0.3) is 0 Å². The number of pyridine rings is 1. The smallest absolute Gasteiger partial charge is 0.339 e. The molecule has 74 valence electrons. The van der Waals surface area contributed by atoms with Crippen LogP contribution >= 0.6 is 0 Å². The van der Waals surface area contributed by atoms with E-state index in [-0.39, 0.29) is 17.9 Å². The summed E-state index contributed by atoms with van der Waals surface area (Å²) in [5.41, 5.74) is -0.0475. The fraction of sp³-hybridized carbons (Fsp3) is 0.125. The summed E-state index contributed by atoms with van der Waals surface area (Å²) in [5, 5.41) is 19.5. The molecule has 14 heavy (non-hydrogen) atoms. The monoisotopic (exact) mass is 196 g/mol. The average molecular weight is 196 g/mol. The molecule has 1 aromatic heterocycles. The number of hydrogen-bond donors (Lipinski definition) is 3. The SMILES string of the molecule is O=C(O)CNc1ncccc1C(=O)O. The van der Waals surface area contributed by atoms with Crippen molar-refractivity contribution in [3.8, 4) is 0 Å². The van der Waals surface area contributed by atoms with Gasteiger partial charge in [-0.05, 0) is 12.1 Å². The Balaban J connectivity index is 2.84. The van der Waals surface area contributed by atoms with E-state index in [2.05, 4.69) is 10.3 Å². The summed E-state index contributed by atoms with van der Waals surface area (Å²) in [6.07, 6.45) is 1.39. The van der Waals surface area contributed by atoms with Crippen LogP contribution in [0.2, 0.25) is 0 Å². The molecule has 0 radical (unpaired) electrons. The zero-order chi connectivity index (χ0) is 10.6. The summed E-state index contributed by atoms with van der Waals surface area (Å²) >= 11 is 0. The third-order valence-electron chi connectivity index (χ3n) is 1.45. The van der Waals surface area contributed by atoms with Crippen LogP contribution in [-0.4, -0.2) is 33.7 Å². The van der Waals surface area contributed by atoms with Crippen LogP contribution in [0.15, 0.2) is 18.3 Å². The van der Waals surface area contributed by atoms with Crippen molar-refractivity contribution in [1.82, 2.24) is 4.98 Å². The minimum Gasteiger partial charge on any atom is -0.480 e. The number of aliphatic carboxylic acids is 1. The van der Waals surface area contributed by atoms with Crippen LogP contribution in [0.4, 0.5) is 5.82 Å². The van der Waals surface area contributed by atoms with Crippen LogP contribution in [0, 0.1) is 0 Å². The molecule has 0 aliphatic heterocycles. The molecule has 0 aromatic carbocycles. The predicted molar refractivity (Wildman–Crippen MR) is 47.3 cm³/mol. The summed E-state index contributed by atoms with van der Waals surface area (Å²) in [5.74, 6) is -2.17. The van der Waals surface area contributed by atoms with Crippen LogP contribution in [-0.2, 0) is 4.79 Å². The zero-order valence-electron chi connectivity index (χ0n) is 7.10. The molecule has 0 aliphatic carbocycles. The van der Waals surface area contributed by atoms with E-state index in [0.29, 0.717) is 0 Å². The number of carbonyl (C=O) groups is 2. The number of hydrogen-bond acceptors (Lipinski definition) is 4. The molecule has 0 saturated carbocycles. The summed E-state index contributed by atoms with van der Waals surface area (Å²) in [4.78, 5) is 24.6. The number of nitrogens with zero attached hydrogens (tertiary/aromatic N) is 1. The standard InChI is InChI=1S/C8H8N2O4/c11-6(12)4-10-7-5(8(13)14)2-1-3-9-7/h1-3H,4H2,(H,9,10)(H,11,12)(H,13,14). The second-order valence-corrected chi connectivity index (χ2v) is 2.45. The highest BCUT2D eigenvalue weighted by molar-refractivity contribution is 5.93. The topological polar surface area (TPSA) is 99.5 Å². The second-order valence-electron chi connectivity index (χ2n) is 2.45. The number of aromatic carboxylic acids is 1. The Morgan fingerprint density at radius 1 is 1.43 bits per heavy atom. The first-order valence-electron chi connectivity index (χ1n) is 3.75. The Hall–Kier alpha value is -2.11. The fourth-order valence-corrected chi connectivity index (χ4v) is 0.878. The third kappa shape index (κ3) is 2.44. The van der Waals surface area contributed by atoms with E-state index in [1.807, 2.05) is 0 Å². The van der Waals surface area contributed by atoms with Crippen LogP contribution in [0.5, 0.6) is 0 Å². The first-order valence-corrected chi connectivity index (χ1v) is 3.75. The van der Waals surface area contributed by atoms with Crippen molar-refractivity contribution in [2.75, 3.05) is 11.9 Å². The van der Waals surface area contributed by atoms with Crippen LogP contribution < -0.4 is 5.32 Å². The molecule has 0 bridgehead atoms. The van der Waals surface area contributed by atoms with E-state index in [1.54, 1.807) is 0 Å². The molecular weight excluding hydrogens is 188 g/mol. The number of anilines is 1. The summed E-state index contributed by atoms with van der Waals surface area (Å²) in [7, 11) is 0. The van der Waals surface area contributed by atoms with Gasteiger partial charge in [0.05, 0.1) is 0 Å². The first-order chi connectivity index (χ1) is 6.61. The lowest BCUT2D eigenvalue weighted by molar-refractivity contribution is -0.134. The highest BCUT2D eigenvalue weighted by Crippen LogP contribution is 2.10. The highest BCUT2D eigenvalue weighted by atomic mass is 16.4. The second kappa shape index (κ2) is 4.22. The maximum absolute atomic E-state index is 10.6. The lowest BCUT2D eigenvalue weighted by Gasteiger charge is -2.04. The van der Waals surface area contributed by atoms with Crippen LogP contribution in [0.1, 0.15) is 10.4 Å². The quantitative estimate of drug-likeness (QED) is 0.639. The molecule has 0 unspecified atom stereocenters. The molecule has 1 heterocycles. The van der Waals surface area contributed by atoms with Gasteiger partial charge in [0.1, 0.15) is 17.9 Å². The minimum absolute atomic E-state index is 0.0475. The van der Waals surface area contributed by atoms with Gasteiger partial charge in [-0.3, -0.25) is 4.79 Å². The third-order valence-corrected chi connectivity index (χ3v) is 1.45. The van der Waals surface area contributed by atoms with Crippen molar-refractivity contribution in [2.24, 2.45) is 0 Å². The van der Waals surface area contributed by atoms with Gasteiger partial charge in [-0.2, -0.15) is 0 Å². The lowest BCUT2D eigenvalue weighted by Crippen LogP contribution is -2.15. The van der Waals surface area contributed by atoms with Gasteiger partial charge in [0, 0.05) is 6.20 Å². The van der Waals surface area contributed by atoms with E-state index in [1.165, 1.54) is 18.3 Å². The van der Waals surface area contributed by atoms with Gasteiger partial charge < -0.3 is 15.5 Å². The Morgan fingerprint density at radius 2 is 2.14 bits per heavy atom. The number of carboxylic acid groups (broad SMARTS) is 2. The van der Waals surface area contributed by atoms with E-state index < -0.39 is 11.9 Å². The maximum Gasteiger partial charge on any atom is 0.339 e. The van der Waals surface area contributed by atoms with E-state index in [4.69, 9.17) is 10.2 Å². The first kappa shape index (κ1) is 9.97. The Kier molecular flexibility index (Phi) is 3.01. The predicted octanol–water partition coefficient (Wildman–Crippen LogP) is 0.276. The molecule has 0 atom stereocenters. The normalized spacial score (nSPS) is 9.43. The molecule has 3 N–H and O–H groups in total. The molecule has 0 saturated heterocycles. The van der Waals surface area contributed by atoms with Gasteiger partial charge in [0.15, 0.2) is 0 Å². The van der Waals surface area contributed by atoms with Gasteiger partial charge in [-0.15, -0.1) is 0 Å². The van der Waals surface area contributed by atoms with Crippen molar-refractivity contribution in [1.29, 1.82) is 0 Å². The number of rotatable bonds is 4. The summed E-state index contributed by atoms with van der Waals surface area (Å²) < 4.78 is 0. The zero-order valence-corrected chi connectivity index (χ0v) is 7.10. The molecule has 0 aliphatic rings. The van der Waals surface area contributed by atoms with Crippen molar-refractivity contribution >= 4 is 17.8 Å². The molecule has 1 rings (SSSR count). The largest absolute Gasteiger partial charge is 0.480 e. The van der Waals surface area contributed by atoms with Gasteiger partial charge in [-0.1, -0.05) is 0 Å². The van der Waals surface area contributed by atoms with Gasteiger partial charge in [0.2, 0.25) is 0 Å². The minimum atomic E-state index is -1.15. The fourth-order valence-electron chi connectivity index (χ4n) is 0.878. The highest BCUT2D eigenvalue weighted by Gasteiger charge is 2.10. The molecule has 0 fully saturated rings. The Bertz CT molecular complexity index is 364. The van der Waals surface area contributed by atoms with Crippen molar-refractivity contribution in [3.05, 3.63) is 23.9 Å². The van der Waals surface area contributed by atoms with E-state index >= 15 is 0 Å². The molecular formula is C8H8N2O4. The Labute approximate surface area is 79.2 Å². The van der Waals surface area contributed by atoms with Crippen LogP contribution in [0.3, 0.4) is 0 Å². The average Bonchev–Trinajstić information content (AvgIpc) is 2.15. The lowest BCUT2D eigenvalue weighted by atomic mass is 10.2. The number of carboxylic acids is 2. The van der Waals surface area contributed by atoms with Crippen molar-refractivity contribution < 1.29 is 19.8 Å². The van der Waals surface area contributed by atoms with E-state index in [0.717, 1.165) is 0 Å². The summed E-state index contributed by atoms with van der Waals surface area (Å²) in [6, 6.07) is 2.81. The number of nitrogens with one attached hydrogen (secondary N) is 1. The number of aromatic nitrogens is 1. The molecule has 0 spiro atoms. The maximum atomic E-state index is 10.6.